The van der Waals surface area contributed by atoms with Crippen LogP contribution in [0.15, 0.2) is 18.2 Å². The monoisotopic (exact) mass is 277 g/mol. The molecule has 1 aromatic carbocycles. The van der Waals surface area contributed by atoms with E-state index in [9.17, 15) is 14.7 Å². The van der Waals surface area contributed by atoms with Crippen LogP contribution in [0.1, 0.15) is 15.9 Å². The molecule has 3 N–H and O–H groups in total. The minimum Gasteiger partial charge on any atom is -0.508 e. The van der Waals surface area contributed by atoms with Crippen molar-refractivity contribution < 1.29 is 14.7 Å². The highest BCUT2D eigenvalue weighted by molar-refractivity contribution is 5.98. The Morgan fingerprint density at radius 2 is 2.05 bits per heavy atom. The quantitative estimate of drug-likeness (QED) is 0.718. The fourth-order valence-electron chi connectivity index (χ4n) is 2.15. The molecule has 2 amide bonds. The van der Waals surface area contributed by atoms with E-state index in [0.717, 1.165) is 13.1 Å². The Bertz CT molecular complexity index is 510. The summed E-state index contributed by atoms with van der Waals surface area (Å²) in [5.41, 5.74) is 0.901. The second kappa shape index (κ2) is 6.38. The molecule has 0 bridgehead atoms. The van der Waals surface area contributed by atoms with Gasteiger partial charge < -0.3 is 20.6 Å². The Morgan fingerprint density at radius 3 is 2.75 bits per heavy atom. The molecule has 0 aromatic heterocycles. The van der Waals surface area contributed by atoms with Crippen LogP contribution in [0.3, 0.4) is 0 Å². The number of hydrogen-bond acceptors (Lipinski definition) is 4. The highest BCUT2D eigenvalue weighted by Crippen LogP contribution is 2.19. The molecule has 6 nitrogen and oxygen atoms in total. The number of benzene rings is 1. The number of hydrogen-bond donors (Lipinski definition) is 3. The van der Waals surface area contributed by atoms with Gasteiger partial charge in [0.05, 0.1) is 6.54 Å². The predicted molar refractivity (Wildman–Crippen MR) is 74.6 cm³/mol. The first-order chi connectivity index (χ1) is 9.59. The van der Waals surface area contributed by atoms with Crippen LogP contribution in [-0.2, 0) is 4.79 Å². The molecule has 1 fully saturated rings. The average molecular weight is 277 g/mol. The number of carbonyl (C=O) groups excluding carboxylic acids is 2. The average Bonchev–Trinajstić information content (AvgIpc) is 2.48. The lowest BCUT2D eigenvalue weighted by atomic mass is 10.1. The molecule has 1 aliphatic rings. The number of rotatable bonds is 3. The number of aromatic hydroxyl groups is 1. The molecule has 0 atom stereocenters. The number of amides is 2. The fraction of sp³-hybridized carbons (Fsp3) is 0.429. The zero-order chi connectivity index (χ0) is 14.5. The molecule has 6 heteroatoms. The zero-order valence-corrected chi connectivity index (χ0v) is 11.5. The maximum atomic E-state index is 12.0. The SMILES string of the molecule is Cc1c(O)cccc1C(=O)NCC(=O)N1CCNCC1. The van der Waals surface area contributed by atoms with Crippen LogP contribution in [0.5, 0.6) is 5.75 Å². The normalized spacial score (nSPS) is 14.9. The zero-order valence-electron chi connectivity index (χ0n) is 11.5. The Kier molecular flexibility index (Phi) is 4.57. The molecule has 1 saturated heterocycles. The molecule has 0 saturated carbocycles. The van der Waals surface area contributed by atoms with Gasteiger partial charge in [0.15, 0.2) is 0 Å². The second-order valence-electron chi connectivity index (χ2n) is 4.76. The molecule has 1 heterocycles. The van der Waals surface area contributed by atoms with E-state index in [-0.39, 0.29) is 24.1 Å². The number of nitrogens with one attached hydrogen (secondary N) is 2. The van der Waals surface area contributed by atoms with Gasteiger partial charge in [0.1, 0.15) is 5.75 Å². The summed E-state index contributed by atoms with van der Waals surface area (Å²) in [6.07, 6.45) is 0. The predicted octanol–water partition coefficient (Wildman–Crippen LogP) is -0.138. The topological polar surface area (TPSA) is 81.7 Å². The van der Waals surface area contributed by atoms with Crippen molar-refractivity contribution in [2.75, 3.05) is 32.7 Å². The number of phenolic OH excluding ortho intramolecular Hbond substituents is 1. The first kappa shape index (κ1) is 14.3. The second-order valence-corrected chi connectivity index (χ2v) is 4.76. The summed E-state index contributed by atoms with van der Waals surface area (Å²) in [6, 6.07) is 4.76. The molecular formula is C14H19N3O3. The van der Waals surface area contributed by atoms with E-state index in [2.05, 4.69) is 10.6 Å². The van der Waals surface area contributed by atoms with Crippen molar-refractivity contribution in [1.82, 2.24) is 15.5 Å². The van der Waals surface area contributed by atoms with Crippen molar-refractivity contribution in [2.45, 2.75) is 6.92 Å². The van der Waals surface area contributed by atoms with Crippen molar-refractivity contribution in [3.05, 3.63) is 29.3 Å². The largest absolute Gasteiger partial charge is 0.508 e. The van der Waals surface area contributed by atoms with Crippen LogP contribution in [0.25, 0.3) is 0 Å². The summed E-state index contributed by atoms with van der Waals surface area (Å²) in [7, 11) is 0. The van der Waals surface area contributed by atoms with Gasteiger partial charge in [-0.3, -0.25) is 9.59 Å². The minimum absolute atomic E-state index is 0.0199. The third-order valence-corrected chi connectivity index (χ3v) is 3.42. The van der Waals surface area contributed by atoms with Crippen LogP contribution >= 0.6 is 0 Å². The molecular weight excluding hydrogens is 258 g/mol. The number of piperazine rings is 1. The van der Waals surface area contributed by atoms with Gasteiger partial charge in [0, 0.05) is 37.3 Å². The van der Waals surface area contributed by atoms with E-state index in [1.807, 2.05) is 0 Å². The van der Waals surface area contributed by atoms with E-state index in [1.54, 1.807) is 24.0 Å². The van der Waals surface area contributed by atoms with Crippen molar-refractivity contribution in [1.29, 1.82) is 0 Å². The van der Waals surface area contributed by atoms with Gasteiger partial charge in [0.2, 0.25) is 5.91 Å². The van der Waals surface area contributed by atoms with Gasteiger partial charge in [0.25, 0.3) is 5.91 Å². The van der Waals surface area contributed by atoms with Crippen molar-refractivity contribution >= 4 is 11.8 Å². The third-order valence-electron chi connectivity index (χ3n) is 3.42. The van der Waals surface area contributed by atoms with Gasteiger partial charge in [-0.2, -0.15) is 0 Å². The number of phenols is 1. The minimum atomic E-state index is -0.345. The van der Waals surface area contributed by atoms with Crippen LogP contribution in [-0.4, -0.2) is 54.5 Å². The third kappa shape index (κ3) is 3.27. The molecule has 108 valence electrons. The molecule has 0 aliphatic carbocycles. The van der Waals surface area contributed by atoms with Crippen LogP contribution in [0.4, 0.5) is 0 Å². The van der Waals surface area contributed by atoms with E-state index in [4.69, 9.17) is 0 Å². The summed E-state index contributed by atoms with van der Waals surface area (Å²) in [5.74, 6) is -0.356. The Hall–Kier alpha value is -2.08. The van der Waals surface area contributed by atoms with Crippen molar-refractivity contribution in [2.24, 2.45) is 0 Å². The maximum Gasteiger partial charge on any atom is 0.252 e. The van der Waals surface area contributed by atoms with Gasteiger partial charge in [-0.1, -0.05) is 6.07 Å². The van der Waals surface area contributed by atoms with Crippen LogP contribution in [0.2, 0.25) is 0 Å². The molecule has 0 spiro atoms. The molecule has 1 aromatic rings. The summed E-state index contributed by atoms with van der Waals surface area (Å²) < 4.78 is 0. The number of carbonyl (C=O) groups is 2. The maximum absolute atomic E-state index is 12.0. The smallest absolute Gasteiger partial charge is 0.252 e. The summed E-state index contributed by atoms with van der Waals surface area (Å²) in [4.78, 5) is 25.6. The Labute approximate surface area is 117 Å². The lowest BCUT2D eigenvalue weighted by Crippen LogP contribution is -2.49. The fourth-order valence-corrected chi connectivity index (χ4v) is 2.15. The van der Waals surface area contributed by atoms with E-state index < -0.39 is 0 Å². The summed E-state index contributed by atoms with van der Waals surface area (Å²) in [5, 5.41) is 15.3. The van der Waals surface area contributed by atoms with Crippen molar-refractivity contribution in [3.63, 3.8) is 0 Å². The van der Waals surface area contributed by atoms with Crippen LogP contribution in [0, 0.1) is 6.92 Å². The Morgan fingerprint density at radius 1 is 1.35 bits per heavy atom. The standard InChI is InChI=1S/C14H19N3O3/c1-10-11(3-2-4-12(10)18)14(20)16-9-13(19)17-7-5-15-6-8-17/h2-4,15,18H,5-9H2,1H3,(H,16,20). The van der Waals surface area contributed by atoms with Gasteiger partial charge >= 0.3 is 0 Å². The molecule has 1 aliphatic heterocycles. The highest BCUT2D eigenvalue weighted by Gasteiger charge is 2.18. The van der Waals surface area contributed by atoms with E-state index in [1.165, 1.54) is 6.07 Å². The molecule has 0 radical (unpaired) electrons. The van der Waals surface area contributed by atoms with Crippen molar-refractivity contribution in [3.8, 4) is 5.75 Å². The van der Waals surface area contributed by atoms with Gasteiger partial charge in [-0.25, -0.2) is 0 Å². The molecule has 2 rings (SSSR count). The molecule has 0 unspecified atom stereocenters. The molecule has 20 heavy (non-hydrogen) atoms. The lowest BCUT2D eigenvalue weighted by Gasteiger charge is -2.27. The van der Waals surface area contributed by atoms with Crippen LogP contribution < -0.4 is 10.6 Å². The first-order valence-corrected chi connectivity index (χ1v) is 6.65. The number of nitrogens with zero attached hydrogens (tertiary/aromatic N) is 1. The highest BCUT2D eigenvalue weighted by atomic mass is 16.3. The first-order valence-electron chi connectivity index (χ1n) is 6.65. The van der Waals surface area contributed by atoms with E-state index >= 15 is 0 Å². The Balaban J connectivity index is 1.91. The van der Waals surface area contributed by atoms with Gasteiger partial charge in [-0.05, 0) is 19.1 Å². The van der Waals surface area contributed by atoms with E-state index in [0.29, 0.717) is 24.2 Å². The summed E-state index contributed by atoms with van der Waals surface area (Å²) in [6.45, 7) is 4.55. The lowest BCUT2D eigenvalue weighted by molar-refractivity contribution is -0.130. The summed E-state index contributed by atoms with van der Waals surface area (Å²) >= 11 is 0. The van der Waals surface area contributed by atoms with Gasteiger partial charge in [-0.15, -0.1) is 0 Å².